The normalized spacial score (nSPS) is 37.8. The van der Waals surface area contributed by atoms with Crippen molar-refractivity contribution in [3.8, 4) is 0 Å². The van der Waals surface area contributed by atoms with E-state index < -0.39 is 24.0 Å². The van der Waals surface area contributed by atoms with Gasteiger partial charge in [-0.25, -0.2) is 9.59 Å². The zero-order chi connectivity index (χ0) is 29.3. The Morgan fingerprint density at radius 1 is 1.05 bits per heavy atom. The topological polar surface area (TPSA) is 91.3 Å². The second-order valence-corrected chi connectivity index (χ2v) is 14.2. The molecule has 4 aliphatic rings. The predicted octanol–water partition coefficient (Wildman–Crippen LogP) is 7.84. The smallest absolute Gasteiger partial charge is 0.435 e. The average molecular weight is 563 g/mol. The highest BCUT2D eigenvalue weighted by Gasteiger charge is 2.62. The van der Waals surface area contributed by atoms with E-state index in [2.05, 4.69) is 26.8 Å². The van der Waals surface area contributed by atoms with Crippen molar-refractivity contribution < 1.29 is 33.6 Å². The minimum absolute atomic E-state index is 0.259. The van der Waals surface area contributed by atoms with Crippen LogP contribution in [0.2, 0.25) is 0 Å². The molecule has 3 fully saturated rings. The number of allylic oxidation sites excluding steroid dienone is 1. The van der Waals surface area contributed by atoms with E-state index in [-0.39, 0.29) is 24.7 Å². The lowest BCUT2D eigenvalue weighted by Gasteiger charge is -2.60. The minimum Gasteiger partial charge on any atom is -0.435 e. The molecule has 0 heterocycles. The Morgan fingerprint density at radius 3 is 2.38 bits per heavy atom. The fraction of sp³-hybridized carbons (Fsp3) is 0.879. The number of hydrogen-bond donors (Lipinski definition) is 1. The molecule has 0 amide bonds. The Bertz CT molecular complexity index is 938. The summed E-state index contributed by atoms with van der Waals surface area (Å²) in [6, 6.07) is 0. The van der Waals surface area contributed by atoms with E-state index >= 15 is 0 Å². The van der Waals surface area contributed by atoms with Crippen LogP contribution in [0.1, 0.15) is 113 Å². The maximum atomic E-state index is 12.6. The molecule has 228 valence electrons. The fourth-order valence-corrected chi connectivity index (χ4v) is 9.51. The fourth-order valence-electron chi connectivity index (χ4n) is 9.51. The first-order chi connectivity index (χ1) is 18.8. The molecule has 0 bridgehead atoms. The molecule has 0 radical (unpaired) electrons. The van der Waals surface area contributed by atoms with Gasteiger partial charge in [-0.05, 0) is 101 Å². The monoisotopic (exact) mass is 562 g/mol. The highest BCUT2D eigenvalue weighted by Crippen LogP contribution is 2.67. The molecule has 3 saturated carbocycles. The standard InChI is InChI=1S/C33H54O7/c1-8-37-29(34)39-23-19-22-12-13-24-26-15-14-25(21(3)11-10-17-31(4,5)36)32(26,6)18-16-27(24)33(22,7)28(20-23)40-30(35)38-9-2/h12,21,23-28,36H,8-11,13-20H2,1-7H3/t21-,23+,24+,25-,26+,27+,28+,32-,33+/m1/s1. The molecule has 0 aromatic heterocycles. The molecule has 4 aliphatic carbocycles. The van der Waals surface area contributed by atoms with E-state index in [1.54, 1.807) is 13.8 Å². The molecule has 0 unspecified atom stereocenters. The van der Waals surface area contributed by atoms with E-state index in [9.17, 15) is 14.7 Å². The Labute approximate surface area is 241 Å². The number of ether oxygens (including phenoxy) is 4. The molecular weight excluding hydrogens is 508 g/mol. The molecule has 0 aromatic carbocycles. The minimum atomic E-state index is -0.664. The first-order valence-electron chi connectivity index (χ1n) is 15.9. The van der Waals surface area contributed by atoms with Crippen LogP contribution in [0.5, 0.6) is 0 Å². The third-order valence-corrected chi connectivity index (χ3v) is 11.4. The van der Waals surface area contributed by atoms with Crippen molar-refractivity contribution in [1.29, 1.82) is 0 Å². The summed E-state index contributed by atoms with van der Waals surface area (Å²) in [6.07, 6.45) is 10.4. The van der Waals surface area contributed by atoms with Gasteiger partial charge in [-0.15, -0.1) is 0 Å². The predicted molar refractivity (Wildman–Crippen MR) is 154 cm³/mol. The van der Waals surface area contributed by atoms with Crippen molar-refractivity contribution in [3.63, 3.8) is 0 Å². The summed E-state index contributed by atoms with van der Waals surface area (Å²) in [5, 5.41) is 10.2. The summed E-state index contributed by atoms with van der Waals surface area (Å²) in [7, 11) is 0. The van der Waals surface area contributed by atoms with Gasteiger partial charge >= 0.3 is 12.3 Å². The van der Waals surface area contributed by atoms with Gasteiger partial charge in [0.25, 0.3) is 0 Å². The molecule has 40 heavy (non-hydrogen) atoms. The van der Waals surface area contributed by atoms with Crippen molar-refractivity contribution in [2.45, 2.75) is 130 Å². The second kappa shape index (κ2) is 12.2. The lowest BCUT2D eigenvalue weighted by molar-refractivity contribution is -0.122. The largest absolute Gasteiger partial charge is 0.508 e. The number of hydrogen-bond acceptors (Lipinski definition) is 7. The van der Waals surface area contributed by atoms with Crippen LogP contribution in [-0.2, 0) is 18.9 Å². The number of carbonyl (C=O) groups is 2. The molecule has 7 heteroatoms. The highest BCUT2D eigenvalue weighted by molar-refractivity contribution is 5.61. The third kappa shape index (κ3) is 6.19. The maximum Gasteiger partial charge on any atom is 0.508 e. The lowest BCUT2D eigenvalue weighted by Crippen LogP contribution is -2.57. The summed E-state index contributed by atoms with van der Waals surface area (Å²) >= 11 is 0. The van der Waals surface area contributed by atoms with E-state index in [4.69, 9.17) is 18.9 Å². The third-order valence-electron chi connectivity index (χ3n) is 11.4. The average Bonchev–Trinajstić information content (AvgIpc) is 3.21. The summed E-state index contributed by atoms with van der Waals surface area (Å²) in [5.74, 6) is 2.97. The molecule has 0 spiro atoms. The van der Waals surface area contributed by atoms with Gasteiger partial charge in [0.1, 0.15) is 12.2 Å². The molecule has 7 nitrogen and oxygen atoms in total. The SMILES string of the molecule is CCOC(=O)O[C@H]1CC2=CC[C@H]3[C@@H]4CC[C@H]([C@H](C)CCCC(C)(C)O)[C@@]4(C)CC[C@@H]3[C@@]2(C)[C@@H](OC(=O)OCC)C1. The number of carbonyl (C=O) groups excluding carboxylic acids is 2. The van der Waals surface area contributed by atoms with Gasteiger partial charge in [0.15, 0.2) is 0 Å². The first-order valence-corrected chi connectivity index (χ1v) is 15.9. The Kier molecular flexibility index (Phi) is 9.53. The van der Waals surface area contributed by atoms with Gasteiger partial charge in [0.2, 0.25) is 0 Å². The van der Waals surface area contributed by atoms with Crippen molar-refractivity contribution in [2.75, 3.05) is 13.2 Å². The van der Waals surface area contributed by atoms with Crippen molar-refractivity contribution in [1.82, 2.24) is 0 Å². The zero-order valence-electron chi connectivity index (χ0n) is 26.0. The lowest BCUT2D eigenvalue weighted by atomic mass is 9.46. The van der Waals surface area contributed by atoms with Gasteiger partial charge in [-0.2, -0.15) is 0 Å². The quantitative estimate of drug-likeness (QED) is 0.226. The summed E-state index contributed by atoms with van der Waals surface area (Å²) in [6.45, 7) is 15.2. The zero-order valence-corrected chi connectivity index (χ0v) is 26.0. The van der Waals surface area contributed by atoms with Crippen molar-refractivity contribution in [2.24, 2.45) is 40.4 Å². The van der Waals surface area contributed by atoms with Crippen LogP contribution < -0.4 is 0 Å². The van der Waals surface area contributed by atoms with Crippen LogP contribution in [0.3, 0.4) is 0 Å². The summed E-state index contributed by atoms with van der Waals surface area (Å²) in [4.78, 5) is 24.8. The van der Waals surface area contributed by atoms with Gasteiger partial charge in [0, 0.05) is 18.3 Å². The number of aliphatic hydroxyl groups is 1. The Morgan fingerprint density at radius 2 is 1.73 bits per heavy atom. The van der Waals surface area contributed by atoms with Crippen molar-refractivity contribution in [3.05, 3.63) is 11.6 Å². The van der Waals surface area contributed by atoms with Crippen LogP contribution in [0.4, 0.5) is 9.59 Å². The van der Waals surface area contributed by atoms with Gasteiger partial charge in [-0.1, -0.05) is 45.3 Å². The molecular formula is C33H54O7. The molecule has 4 rings (SSSR count). The van der Waals surface area contributed by atoms with E-state index in [1.165, 1.54) is 31.3 Å². The van der Waals surface area contributed by atoms with Crippen molar-refractivity contribution >= 4 is 12.3 Å². The molecule has 0 aromatic rings. The number of rotatable bonds is 9. The van der Waals surface area contributed by atoms with Gasteiger partial charge < -0.3 is 24.1 Å². The van der Waals surface area contributed by atoms with Gasteiger partial charge in [0.05, 0.1) is 18.8 Å². The van der Waals surface area contributed by atoms with Gasteiger partial charge in [-0.3, -0.25) is 0 Å². The van der Waals surface area contributed by atoms with Crippen LogP contribution in [-0.4, -0.2) is 48.4 Å². The van der Waals surface area contributed by atoms with Crippen LogP contribution >= 0.6 is 0 Å². The van der Waals surface area contributed by atoms with Crippen LogP contribution in [0.25, 0.3) is 0 Å². The molecule has 9 atom stereocenters. The summed E-state index contributed by atoms with van der Waals surface area (Å²) < 4.78 is 22.0. The Hall–Kier alpha value is -1.76. The van der Waals surface area contributed by atoms with Crippen LogP contribution in [0.15, 0.2) is 11.6 Å². The second-order valence-electron chi connectivity index (χ2n) is 14.2. The summed E-state index contributed by atoms with van der Waals surface area (Å²) in [5.41, 5.74) is 0.673. The molecule has 0 aliphatic heterocycles. The van der Waals surface area contributed by atoms with Crippen LogP contribution in [0, 0.1) is 40.4 Å². The molecule has 1 N–H and O–H groups in total. The first kappa shape index (κ1) is 31.2. The van der Waals surface area contributed by atoms with E-state index in [0.29, 0.717) is 47.8 Å². The highest BCUT2D eigenvalue weighted by atomic mass is 16.7. The van der Waals surface area contributed by atoms with E-state index in [1.807, 2.05) is 13.8 Å². The van der Waals surface area contributed by atoms with E-state index in [0.717, 1.165) is 25.7 Å². The number of fused-ring (bicyclic) bond motifs is 5. The molecule has 0 saturated heterocycles. The Balaban J connectivity index is 1.54. The maximum absolute atomic E-state index is 12.6.